The van der Waals surface area contributed by atoms with Crippen LogP contribution in [0.15, 0.2) is 24.3 Å². The number of hydrogen-bond donors (Lipinski definition) is 0. The number of alkyl halides is 1. The first-order valence-corrected chi connectivity index (χ1v) is 6.75. The summed E-state index contributed by atoms with van der Waals surface area (Å²) < 4.78 is 0. The van der Waals surface area contributed by atoms with Gasteiger partial charge in [-0.25, -0.2) is 0 Å². The summed E-state index contributed by atoms with van der Waals surface area (Å²) in [6, 6.07) is 9.61. The van der Waals surface area contributed by atoms with Gasteiger partial charge in [-0.05, 0) is 55.8 Å². The molecule has 2 rings (SSSR count). The SMILES string of the molecule is CC(C)N1c2ccccc2N(C(C)C)C1Br. The van der Waals surface area contributed by atoms with Gasteiger partial charge in [-0.15, -0.1) is 0 Å². The van der Waals surface area contributed by atoms with Crippen molar-refractivity contribution in [2.24, 2.45) is 0 Å². The fourth-order valence-electron chi connectivity index (χ4n) is 2.31. The maximum Gasteiger partial charge on any atom is 0.160 e. The maximum absolute atomic E-state index is 3.80. The minimum Gasteiger partial charge on any atom is -0.338 e. The van der Waals surface area contributed by atoms with E-state index in [0.29, 0.717) is 12.1 Å². The highest BCUT2D eigenvalue weighted by atomic mass is 79.9. The van der Waals surface area contributed by atoms with Crippen molar-refractivity contribution in [1.82, 2.24) is 0 Å². The molecule has 88 valence electrons. The van der Waals surface area contributed by atoms with Crippen molar-refractivity contribution in [3.05, 3.63) is 24.3 Å². The first-order valence-electron chi connectivity index (χ1n) is 5.83. The summed E-state index contributed by atoms with van der Waals surface area (Å²) in [7, 11) is 0. The molecule has 0 radical (unpaired) electrons. The van der Waals surface area contributed by atoms with Crippen molar-refractivity contribution in [3.63, 3.8) is 0 Å². The van der Waals surface area contributed by atoms with Crippen LogP contribution in [0.3, 0.4) is 0 Å². The molecule has 1 aromatic rings. The zero-order chi connectivity index (χ0) is 11.9. The standard InChI is InChI=1S/C13H19BrN2/c1-9(2)15-11-7-5-6-8-12(11)16(10(3)4)13(15)14/h5-10,13H,1-4H3. The van der Waals surface area contributed by atoms with Crippen LogP contribution >= 0.6 is 15.9 Å². The van der Waals surface area contributed by atoms with E-state index in [2.05, 4.69) is 77.7 Å². The third-order valence-corrected chi connectivity index (χ3v) is 3.89. The Kier molecular flexibility index (Phi) is 3.15. The molecule has 3 heteroatoms. The molecule has 0 saturated heterocycles. The van der Waals surface area contributed by atoms with Gasteiger partial charge in [-0.3, -0.25) is 0 Å². The molecule has 2 nitrogen and oxygen atoms in total. The van der Waals surface area contributed by atoms with E-state index < -0.39 is 0 Å². The monoisotopic (exact) mass is 282 g/mol. The third-order valence-electron chi connectivity index (χ3n) is 3.01. The van der Waals surface area contributed by atoms with E-state index in [1.54, 1.807) is 0 Å². The predicted molar refractivity (Wildman–Crippen MR) is 74.4 cm³/mol. The van der Waals surface area contributed by atoms with Gasteiger partial charge < -0.3 is 9.80 Å². The normalized spacial score (nSPS) is 16.4. The summed E-state index contributed by atoms with van der Waals surface area (Å²) in [6.45, 7) is 8.92. The summed E-state index contributed by atoms with van der Waals surface area (Å²) in [5, 5.41) is 0.268. The Morgan fingerprint density at radius 1 is 0.938 bits per heavy atom. The lowest BCUT2D eigenvalue weighted by Crippen LogP contribution is -2.45. The number of benzene rings is 1. The lowest BCUT2D eigenvalue weighted by molar-refractivity contribution is 0.618. The van der Waals surface area contributed by atoms with Crippen molar-refractivity contribution >= 4 is 27.3 Å². The lowest BCUT2D eigenvalue weighted by atomic mass is 10.2. The molecule has 16 heavy (non-hydrogen) atoms. The number of anilines is 2. The molecule has 0 bridgehead atoms. The molecule has 0 atom stereocenters. The summed E-state index contributed by atoms with van der Waals surface area (Å²) in [4.78, 5) is 4.82. The van der Waals surface area contributed by atoms with E-state index >= 15 is 0 Å². The van der Waals surface area contributed by atoms with Crippen LogP contribution in [0, 0.1) is 0 Å². The quantitative estimate of drug-likeness (QED) is 0.601. The zero-order valence-electron chi connectivity index (χ0n) is 10.3. The third kappa shape index (κ3) is 1.71. The van der Waals surface area contributed by atoms with Crippen molar-refractivity contribution in [3.8, 4) is 0 Å². The minimum absolute atomic E-state index is 0.268. The smallest absolute Gasteiger partial charge is 0.160 e. The van der Waals surface area contributed by atoms with Gasteiger partial charge >= 0.3 is 0 Å². The molecule has 0 aromatic heterocycles. The zero-order valence-corrected chi connectivity index (χ0v) is 11.9. The molecule has 1 aliphatic rings. The van der Waals surface area contributed by atoms with Crippen LogP contribution in [0.1, 0.15) is 27.7 Å². The Balaban J connectivity index is 2.48. The Morgan fingerprint density at radius 3 is 1.62 bits per heavy atom. The van der Waals surface area contributed by atoms with E-state index in [4.69, 9.17) is 0 Å². The molecule has 0 unspecified atom stereocenters. The Morgan fingerprint density at radius 2 is 1.31 bits per heavy atom. The van der Waals surface area contributed by atoms with Crippen LogP contribution in [0.2, 0.25) is 0 Å². The fraction of sp³-hybridized carbons (Fsp3) is 0.538. The second-order valence-electron chi connectivity index (χ2n) is 4.80. The second-order valence-corrected chi connectivity index (χ2v) is 5.62. The number of fused-ring (bicyclic) bond motifs is 1. The summed E-state index contributed by atoms with van der Waals surface area (Å²) in [5.74, 6) is 0. The van der Waals surface area contributed by atoms with E-state index in [-0.39, 0.29) is 5.08 Å². The van der Waals surface area contributed by atoms with Crippen LogP contribution in [-0.4, -0.2) is 17.2 Å². The van der Waals surface area contributed by atoms with Crippen molar-refractivity contribution in [2.75, 3.05) is 9.80 Å². The lowest BCUT2D eigenvalue weighted by Gasteiger charge is -2.33. The van der Waals surface area contributed by atoms with E-state index in [0.717, 1.165) is 0 Å². The molecule has 0 N–H and O–H groups in total. The molecule has 1 aliphatic heterocycles. The molecule has 0 amide bonds. The van der Waals surface area contributed by atoms with Gasteiger partial charge in [0.1, 0.15) is 0 Å². The average molecular weight is 283 g/mol. The number of hydrogen-bond acceptors (Lipinski definition) is 2. The van der Waals surface area contributed by atoms with Gasteiger partial charge in [0.05, 0.1) is 11.4 Å². The molecule has 0 spiro atoms. The van der Waals surface area contributed by atoms with Gasteiger partial charge in [0.25, 0.3) is 0 Å². The number of rotatable bonds is 2. The van der Waals surface area contributed by atoms with Gasteiger partial charge in [0, 0.05) is 12.1 Å². The first kappa shape index (κ1) is 11.8. The topological polar surface area (TPSA) is 6.48 Å². The van der Waals surface area contributed by atoms with Crippen LogP contribution in [0.4, 0.5) is 11.4 Å². The Bertz CT molecular complexity index is 341. The van der Waals surface area contributed by atoms with Gasteiger partial charge in [0.15, 0.2) is 5.08 Å². The second kappa shape index (κ2) is 4.28. The van der Waals surface area contributed by atoms with Crippen molar-refractivity contribution < 1.29 is 0 Å². The molecular formula is C13H19BrN2. The summed E-state index contributed by atoms with van der Waals surface area (Å²) in [6.07, 6.45) is 0. The van der Waals surface area contributed by atoms with Crippen LogP contribution in [-0.2, 0) is 0 Å². The Hall–Kier alpha value is -0.700. The predicted octanol–water partition coefficient (Wildman–Crippen LogP) is 3.81. The summed E-state index contributed by atoms with van der Waals surface area (Å²) in [5.41, 5.74) is 2.65. The molecule has 0 saturated carbocycles. The Labute approximate surface area is 106 Å². The van der Waals surface area contributed by atoms with E-state index in [9.17, 15) is 0 Å². The van der Waals surface area contributed by atoms with E-state index in [1.807, 2.05) is 0 Å². The largest absolute Gasteiger partial charge is 0.338 e. The molecule has 1 heterocycles. The maximum atomic E-state index is 3.80. The highest BCUT2D eigenvalue weighted by Gasteiger charge is 2.36. The molecular weight excluding hydrogens is 264 g/mol. The molecule has 0 aliphatic carbocycles. The van der Waals surface area contributed by atoms with Crippen molar-refractivity contribution in [2.45, 2.75) is 44.9 Å². The van der Waals surface area contributed by atoms with E-state index in [1.165, 1.54) is 11.4 Å². The minimum atomic E-state index is 0.268. The first-order chi connectivity index (χ1) is 7.54. The van der Waals surface area contributed by atoms with Crippen LogP contribution in [0.5, 0.6) is 0 Å². The van der Waals surface area contributed by atoms with Gasteiger partial charge in [-0.2, -0.15) is 0 Å². The fourth-order valence-corrected chi connectivity index (χ4v) is 3.70. The van der Waals surface area contributed by atoms with Gasteiger partial charge in [-0.1, -0.05) is 12.1 Å². The van der Waals surface area contributed by atoms with Crippen LogP contribution in [0.25, 0.3) is 0 Å². The molecule has 0 fully saturated rings. The van der Waals surface area contributed by atoms with Crippen LogP contribution < -0.4 is 9.80 Å². The summed E-state index contributed by atoms with van der Waals surface area (Å²) >= 11 is 3.80. The van der Waals surface area contributed by atoms with Crippen molar-refractivity contribution in [1.29, 1.82) is 0 Å². The number of nitrogens with zero attached hydrogens (tertiary/aromatic N) is 2. The highest BCUT2D eigenvalue weighted by Crippen LogP contribution is 2.43. The molecule has 1 aromatic carbocycles. The van der Waals surface area contributed by atoms with Gasteiger partial charge in [0.2, 0.25) is 0 Å². The number of halogens is 1. The number of para-hydroxylation sites is 2. The average Bonchev–Trinajstić information content (AvgIpc) is 2.49. The highest BCUT2D eigenvalue weighted by molar-refractivity contribution is 9.09.